The Labute approximate surface area is 146 Å². The van der Waals surface area contributed by atoms with E-state index in [9.17, 15) is 4.79 Å². The van der Waals surface area contributed by atoms with Gasteiger partial charge in [0.25, 0.3) is 0 Å². The second-order valence-electron chi connectivity index (χ2n) is 6.54. The van der Waals surface area contributed by atoms with Crippen molar-refractivity contribution in [1.29, 1.82) is 0 Å². The van der Waals surface area contributed by atoms with Gasteiger partial charge in [0.15, 0.2) is 0 Å². The minimum atomic E-state index is -0.198. The number of rotatable bonds is 4. The molecule has 2 heterocycles. The van der Waals surface area contributed by atoms with Gasteiger partial charge in [-0.1, -0.05) is 6.07 Å². The molecule has 2 fully saturated rings. The summed E-state index contributed by atoms with van der Waals surface area (Å²) in [6.45, 7) is 3.38. The maximum absolute atomic E-state index is 13.0. The molecule has 0 atom stereocenters. The third-order valence-electron chi connectivity index (χ3n) is 5.16. The van der Waals surface area contributed by atoms with Crippen LogP contribution in [0.5, 0.6) is 5.75 Å². The van der Waals surface area contributed by atoms with Crippen molar-refractivity contribution >= 4 is 22.9 Å². The number of anilines is 1. The Hall–Kier alpha value is -2.01. The Morgan fingerprint density at radius 2 is 1.79 bits per heavy atom. The smallest absolute Gasteiger partial charge is 0.234 e. The lowest BCUT2D eigenvalue weighted by molar-refractivity contribution is -0.134. The minimum Gasteiger partial charge on any atom is -0.497 e. The largest absolute Gasteiger partial charge is 0.497 e. The molecule has 1 saturated carbocycles. The Kier molecular flexibility index (Phi) is 3.96. The SMILES string of the molecule is COc1ccc(N2CCN(C(=O)C3(c4cccs4)CC3)CC2)cc1. The number of piperazine rings is 1. The molecule has 4 nitrogen and oxygen atoms in total. The van der Waals surface area contributed by atoms with Crippen molar-refractivity contribution in [2.24, 2.45) is 0 Å². The van der Waals surface area contributed by atoms with Crippen LogP contribution >= 0.6 is 11.3 Å². The van der Waals surface area contributed by atoms with Crippen LogP contribution in [0.1, 0.15) is 17.7 Å². The fourth-order valence-electron chi connectivity index (χ4n) is 3.50. The van der Waals surface area contributed by atoms with E-state index in [-0.39, 0.29) is 5.41 Å². The molecular formula is C19H22N2O2S. The average molecular weight is 342 g/mol. The van der Waals surface area contributed by atoms with Crippen molar-refractivity contribution in [2.75, 3.05) is 38.2 Å². The number of benzene rings is 1. The van der Waals surface area contributed by atoms with Crippen LogP contribution < -0.4 is 9.64 Å². The second kappa shape index (κ2) is 6.13. The van der Waals surface area contributed by atoms with Gasteiger partial charge in [-0.2, -0.15) is 0 Å². The Morgan fingerprint density at radius 3 is 2.33 bits per heavy atom. The third-order valence-corrected chi connectivity index (χ3v) is 6.23. The highest BCUT2D eigenvalue weighted by molar-refractivity contribution is 7.10. The highest BCUT2D eigenvalue weighted by Crippen LogP contribution is 2.51. The van der Waals surface area contributed by atoms with Crippen LogP contribution in [-0.2, 0) is 10.2 Å². The molecule has 0 radical (unpaired) electrons. The standard InChI is InChI=1S/C19H22N2O2S/c1-23-16-6-4-15(5-7-16)20-10-12-21(13-11-20)18(22)19(8-9-19)17-3-2-14-24-17/h2-7,14H,8-13H2,1H3. The summed E-state index contributed by atoms with van der Waals surface area (Å²) in [6.07, 6.45) is 2.01. The number of ether oxygens (including phenoxy) is 1. The summed E-state index contributed by atoms with van der Waals surface area (Å²) in [5.74, 6) is 1.21. The van der Waals surface area contributed by atoms with E-state index in [4.69, 9.17) is 4.74 Å². The van der Waals surface area contributed by atoms with Gasteiger partial charge < -0.3 is 14.5 Å². The molecule has 2 aliphatic rings. The molecule has 4 rings (SSSR count). The summed E-state index contributed by atoms with van der Waals surface area (Å²) in [5, 5.41) is 2.07. The predicted molar refractivity (Wildman–Crippen MR) is 97.0 cm³/mol. The number of methoxy groups -OCH3 is 1. The van der Waals surface area contributed by atoms with E-state index in [1.54, 1.807) is 18.4 Å². The van der Waals surface area contributed by atoms with Gasteiger partial charge in [0.2, 0.25) is 5.91 Å². The van der Waals surface area contributed by atoms with E-state index >= 15 is 0 Å². The van der Waals surface area contributed by atoms with Crippen LogP contribution in [-0.4, -0.2) is 44.1 Å². The lowest BCUT2D eigenvalue weighted by Crippen LogP contribution is -2.51. The molecule has 1 aliphatic carbocycles. The van der Waals surface area contributed by atoms with Crippen LogP contribution in [0.15, 0.2) is 41.8 Å². The van der Waals surface area contributed by atoms with Crippen LogP contribution in [0.25, 0.3) is 0 Å². The van der Waals surface area contributed by atoms with E-state index in [2.05, 4.69) is 39.4 Å². The average Bonchev–Trinajstić information content (AvgIpc) is 3.27. The Bertz CT molecular complexity index is 699. The highest BCUT2D eigenvalue weighted by atomic mass is 32.1. The Morgan fingerprint density at radius 1 is 1.08 bits per heavy atom. The summed E-state index contributed by atoms with van der Waals surface area (Å²) in [5.41, 5.74) is 0.999. The van der Waals surface area contributed by atoms with Gasteiger partial charge in [0.05, 0.1) is 12.5 Å². The van der Waals surface area contributed by atoms with Gasteiger partial charge in [0.1, 0.15) is 5.75 Å². The molecule has 1 aromatic heterocycles. The monoisotopic (exact) mass is 342 g/mol. The zero-order valence-corrected chi connectivity index (χ0v) is 14.7. The van der Waals surface area contributed by atoms with Crippen molar-refractivity contribution in [2.45, 2.75) is 18.3 Å². The van der Waals surface area contributed by atoms with Gasteiger partial charge >= 0.3 is 0 Å². The fraction of sp³-hybridized carbons (Fsp3) is 0.421. The van der Waals surface area contributed by atoms with Crippen molar-refractivity contribution in [3.63, 3.8) is 0 Å². The predicted octanol–water partition coefficient (Wildman–Crippen LogP) is 3.14. The summed E-state index contributed by atoms with van der Waals surface area (Å²) in [7, 11) is 1.68. The van der Waals surface area contributed by atoms with Crippen LogP contribution in [0.3, 0.4) is 0 Å². The molecule has 1 aromatic carbocycles. The molecule has 0 N–H and O–H groups in total. The first-order valence-electron chi connectivity index (χ1n) is 8.45. The lowest BCUT2D eigenvalue weighted by Gasteiger charge is -2.37. The number of amides is 1. The molecular weight excluding hydrogens is 320 g/mol. The number of carbonyl (C=O) groups is 1. The second-order valence-corrected chi connectivity index (χ2v) is 7.48. The van der Waals surface area contributed by atoms with Gasteiger partial charge in [-0.05, 0) is 48.6 Å². The van der Waals surface area contributed by atoms with Gasteiger partial charge in [-0.3, -0.25) is 4.79 Å². The topological polar surface area (TPSA) is 32.8 Å². The molecule has 0 unspecified atom stereocenters. The fourth-order valence-corrected chi connectivity index (χ4v) is 4.48. The van der Waals surface area contributed by atoms with E-state index in [0.717, 1.165) is 44.8 Å². The van der Waals surface area contributed by atoms with Crippen molar-refractivity contribution in [3.05, 3.63) is 46.7 Å². The quantitative estimate of drug-likeness (QED) is 0.856. The molecule has 24 heavy (non-hydrogen) atoms. The maximum Gasteiger partial charge on any atom is 0.234 e. The van der Waals surface area contributed by atoms with Crippen LogP contribution in [0.4, 0.5) is 5.69 Å². The molecule has 2 aromatic rings. The molecule has 1 saturated heterocycles. The summed E-state index contributed by atoms with van der Waals surface area (Å²) in [6, 6.07) is 12.3. The van der Waals surface area contributed by atoms with Crippen LogP contribution in [0.2, 0.25) is 0 Å². The molecule has 1 amide bonds. The lowest BCUT2D eigenvalue weighted by atomic mass is 10.0. The number of thiophene rings is 1. The zero-order valence-electron chi connectivity index (χ0n) is 13.9. The number of hydrogen-bond acceptors (Lipinski definition) is 4. The molecule has 5 heteroatoms. The third kappa shape index (κ3) is 2.67. The molecule has 0 bridgehead atoms. The van der Waals surface area contributed by atoms with E-state index in [1.807, 2.05) is 12.1 Å². The minimum absolute atomic E-state index is 0.198. The first kappa shape index (κ1) is 15.5. The van der Waals surface area contributed by atoms with Gasteiger partial charge in [-0.25, -0.2) is 0 Å². The first-order valence-corrected chi connectivity index (χ1v) is 9.33. The van der Waals surface area contributed by atoms with Gasteiger partial charge in [-0.15, -0.1) is 11.3 Å². The highest BCUT2D eigenvalue weighted by Gasteiger charge is 2.53. The molecule has 0 spiro atoms. The normalized spacial score (nSPS) is 19.2. The van der Waals surface area contributed by atoms with E-state index < -0.39 is 0 Å². The van der Waals surface area contributed by atoms with Crippen molar-refractivity contribution in [3.8, 4) is 5.75 Å². The van der Waals surface area contributed by atoms with Crippen molar-refractivity contribution < 1.29 is 9.53 Å². The van der Waals surface area contributed by atoms with Gasteiger partial charge in [0, 0.05) is 36.7 Å². The maximum atomic E-state index is 13.0. The molecule has 126 valence electrons. The van der Waals surface area contributed by atoms with E-state index in [0.29, 0.717) is 5.91 Å². The zero-order chi connectivity index (χ0) is 16.6. The summed E-state index contributed by atoms with van der Waals surface area (Å²) < 4.78 is 5.21. The number of nitrogens with zero attached hydrogens (tertiary/aromatic N) is 2. The molecule has 1 aliphatic heterocycles. The number of hydrogen-bond donors (Lipinski definition) is 0. The summed E-state index contributed by atoms with van der Waals surface area (Å²) in [4.78, 5) is 18.6. The Balaban J connectivity index is 1.40. The first-order chi connectivity index (χ1) is 11.7. The van der Waals surface area contributed by atoms with Crippen molar-refractivity contribution in [1.82, 2.24) is 4.90 Å². The number of carbonyl (C=O) groups excluding carboxylic acids is 1. The van der Waals surface area contributed by atoms with Crippen LogP contribution in [0, 0.1) is 0 Å². The summed E-state index contributed by atoms with van der Waals surface area (Å²) >= 11 is 1.72. The van der Waals surface area contributed by atoms with E-state index in [1.165, 1.54) is 10.6 Å².